The van der Waals surface area contributed by atoms with E-state index in [0.29, 0.717) is 81.8 Å². The molecule has 12 nitrogen and oxygen atoms in total. The molecule has 53 heavy (non-hydrogen) atoms. The summed E-state index contributed by atoms with van der Waals surface area (Å²) in [7, 11) is 1.63. The number of nitrogens with one attached hydrogen (secondary N) is 2. The van der Waals surface area contributed by atoms with Crippen molar-refractivity contribution in [1.82, 2.24) is 20.6 Å². The Morgan fingerprint density at radius 2 is 1.66 bits per heavy atom. The van der Waals surface area contributed by atoms with Crippen molar-refractivity contribution in [2.24, 2.45) is 23.5 Å². The number of ketones is 2. The van der Waals surface area contributed by atoms with Crippen molar-refractivity contribution in [3.63, 3.8) is 0 Å². The van der Waals surface area contributed by atoms with E-state index in [2.05, 4.69) is 32.0 Å². The summed E-state index contributed by atoms with van der Waals surface area (Å²) < 4.78 is 16.0. The van der Waals surface area contributed by atoms with Crippen molar-refractivity contribution in [2.45, 2.75) is 58.3 Å². The molecule has 0 radical (unpaired) electrons. The van der Waals surface area contributed by atoms with Crippen molar-refractivity contribution in [3.8, 4) is 22.5 Å². The van der Waals surface area contributed by atoms with E-state index >= 15 is 0 Å². The van der Waals surface area contributed by atoms with E-state index in [0.717, 1.165) is 53.5 Å². The first-order chi connectivity index (χ1) is 25.8. The van der Waals surface area contributed by atoms with Crippen LogP contribution in [-0.2, 0) is 30.2 Å². The number of benzene rings is 3. The maximum Gasteiger partial charge on any atom is 0.228 e. The molecule has 1 aromatic heterocycles. The van der Waals surface area contributed by atoms with Crippen LogP contribution in [0.3, 0.4) is 0 Å². The molecule has 0 unspecified atom stereocenters. The van der Waals surface area contributed by atoms with Crippen LogP contribution in [0.5, 0.6) is 0 Å². The molecule has 1 heterocycles. The first kappa shape index (κ1) is 39.6. The highest BCUT2D eigenvalue weighted by Crippen LogP contribution is 2.32. The lowest BCUT2D eigenvalue weighted by molar-refractivity contribution is -0.129. The Morgan fingerprint density at radius 3 is 2.38 bits per heavy atom. The van der Waals surface area contributed by atoms with Gasteiger partial charge in [-0.25, -0.2) is 0 Å². The number of tetrazole rings is 1. The fourth-order valence-corrected chi connectivity index (χ4v) is 6.81. The monoisotopic (exact) mass is 724 g/mol. The minimum Gasteiger partial charge on any atom is -0.382 e. The molecule has 4 N–H and O–H groups in total. The van der Waals surface area contributed by atoms with E-state index in [1.807, 2.05) is 55.5 Å². The summed E-state index contributed by atoms with van der Waals surface area (Å²) in [5, 5.41) is 17.1. The SMILES string of the molecule is COCCOCCOCCCC(=O)c1cccc(-c2cc(C[C@H](CC(=O)C3CCC(CN)CC3)C(=O)Nc3ccc(-c4nn[nH]n4)cc3)ccc2C)c1. The Kier molecular flexibility index (Phi) is 15.4. The van der Waals surface area contributed by atoms with Gasteiger partial charge in [-0.15, -0.1) is 10.2 Å². The quantitative estimate of drug-likeness (QED) is 0.0683. The van der Waals surface area contributed by atoms with Crippen LogP contribution in [0, 0.1) is 24.7 Å². The molecular weight excluding hydrogens is 672 g/mol. The fraction of sp³-hybridized carbons (Fsp3) is 0.463. The Morgan fingerprint density at radius 1 is 0.906 bits per heavy atom. The van der Waals surface area contributed by atoms with E-state index in [1.165, 1.54) is 0 Å². The zero-order chi connectivity index (χ0) is 37.4. The topological polar surface area (TPSA) is 171 Å². The van der Waals surface area contributed by atoms with Crippen LogP contribution in [0.25, 0.3) is 22.5 Å². The number of anilines is 1. The number of hydrogen-bond donors (Lipinski definition) is 3. The maximum absolute atomic E-state index is 13.9. The van der Waals surface area contributed by atoms with Gasteiger partial charge < -0.3 is 25.3 Å². The van der Waals surface area contributed by atoms with Crippen LogP contribution in [0.4, 0.5) is 5.69 Å². The van der Waals surface area contributed by atoms with Crippen molar-refractivity contribution in [3.05, 3.63) is 83.4 Å². The van der Waals surface area contributed by atoms with Crippen LogP contribution in [0.15, 0.2) is 66.7 Å². The van der Waals surface area contributed by atoms with Gasteiger partial charge >= 0.3 is 0 Å². The van der Waals surface area contributed by atoms with Gasteiger partial charge in [0, 0.05) is 55.2 Å². The van der Waals surface area contributed by atoms with Gasteiger partial charge in [-0.1, -0.05) is 36.4 Å². The Labute approximate surface area is 311 Å². The number of aryl methyl sites for hydroxylation is 1. The number of nitrogens with zero attached hydrogens (tertiary/aromatic N) is 3. The molecular formula is C41H52N6O6. The summed E-state index contributed by atoms with van der Waals surface area (Å²) in [6.45, 7) is 5.22. The molecule has 0 spiro atoms. The second kappa shape index (κ2) is 20.6. The number of ether oxygens (including phenoxy) is 3. The zero-order valence-electron chi connectivity index (χ0n) is 30.9. The van der Waals surface area contributed by atoms with Crippen molar-refractivity contribution >= 4 is 23.2 Å². The molecule has 282 valence electrons. The third kappa shape index (κ3) is 11.9. The van der Waals surface area contributed by atoms with Crippen LogP contribution in [0.2, 0.25) is 0 Å². The van der Waals surface area contributed by atoms with E-state index in [1.54, 1.807) is 19.2 Å². The van der Waals surface area contributed by atoms with Crippen LogP contribution < -0.4 is 11.1 Å². The number of nitrogens with two attached hydrogens (primary N) is 1. The second-order valence-electron chi connectivity index (χ2n) is 13.8. The van der Waals surface area contributed by atoms with Gasteiger partial charge in [0.25, 0.3) is 0 Å². The van der Waals surface area contributed by atoms with Crippen LogP contribution >= 0.6 is 0 Å². The summed E-state index contributed by atoms with van der Waals surface area (Å²) in [4.78, 5) is 40.7. The minimum absolute atomic E-state index is 0.0529. The maximum atomic E-state index is 13.9. The highest BCUT2D eigenvalue weighted by molar-refractivity contribution is 5.97. The molecule has 1 aliphatic rings. The number of hydrogen-bond acceptors (Lipinski definition) is 10. The standard InChI is InChI=1S/C41H52N6O6/c1-28-8-9-30(24-37(28)33-5-3-6-34(25-33)38(48)7-4-18-52-21-22-53-20-19-51-2)23-35(26-39(49)31-12-10-29(27-42)11-13-31)41(50)43-36-16-14-32(15-17-36)40-44-46-47-45-40/h3,5-6,8-9,14-17,24-25,29,31,35H,4,7,10-13,18-23,26-27,42H2,1-2H3,(H,43,50)(H,44,45,46,47)/t29?,31?,35-/m1/s1. The molecule has 1 amide bonds. The van der Waals surface area contributed by atoms with Gasteiger partial charge in [-0.3, -0.25) is 14.4 Å². The van der Waals surface area contributed by atoms with Gasteiger partial charge in [0.1, 0.15) is 5.78 Å². The molecule has 3 aromatic carbocycles. The number of amides is 1. The highest BCUT2D eigenvalue weighted by atomic mass is 16.5. The zero-order valence-corrected chi connectivity index (χ0v) is 30.9. The lowest BCUT2D eigenvalue weighted by Crippen LogP contribution is -2.31. The van der Waals surface area contributed by atoms with E-state index in [9.17, 15) is 14.4 Å². The van der Waals surface area contributed by atoms with Gasteiger partial charge in [0.15, 0.2) is 5.78 Å². The van der Waals surface area contributed by atoms with Crippen molar-refractivity contribution in [1.29, 1.82) is 0 Å². The van der Waals surface area contributed by atoms with E-state index in [-0.39, 0.29) is 29.8 Å². The molecule has 0 bridgehead atoms. The number of carbonyl (C=O) groups excluding carboxylic acids is 3. The lowest BCUT2D eigenvalue weighted by Gasteiger charge is -2.28. The fourth-order valence-electron chi connectivity index (χ4n) is 6.81. The van der Waals surface area contributed by atoms with Gasteiger partial charge in [0.2, 0.25) is 11.7 Å². The molecule has 4 aromatic rings. The summed E-state index contributed by atoms with van der Waals surface area (Å²) in [5.41, 5.74) is 11.8. The smallest absolute Gasteiger partial charge is 0.228 e. The molecule has 1 fully saturated rings. The molecule has 1 atom stereocenters. The molecule has 5 rings (SSSR count). The Balaban J connectivity index is 1.26. The number of aromatic amines is 1. The van der Waals surface area contributed by atoms with Gasteiger partial charge in [-0.05, 0) is 116 Å². The molecule has 12 heteroatoms. The van der Waals surface area contributed by atoms with Gasteiger partial charge in [0.05, 0.1) is 26.4 Å². The average Bonchev–Trinajstić information content (AvgIpc) is 3.73. The summed E-state index contributed by atoms with van der Waals surface area (Å²) >= 11 is 0. The predicted octanol–water partition coefficient (Wildman–Crippen LogP) is 6.01. The number of aromatic nitrogens is 4. The number of H-pyrrole nitrogens is 1. The number of Topliss-reactive ketones (excluding diaryl/α,β-unsaturated/α-hetero) is 2. The highest BCUT2D eigenvalue weighted by Gasteiger charge is 2.30. The molecule has 1 aliphatic carbocycles. The summed E-state index contributed by atoms with van der Waals surface area (Å²) in [6.07, 6.45) is 5.06. The Hall–Kier alpha value is -4.62. The summed E-state index contributed by atoms with van der Waals surface area (Å²) in [6, 6.07) is 21.0. The number of carbonyl (C=O) groups is 3. The van der Waals surface area contributed by atoms with Gasteiger partial charge in [-0.2, -0.15) is 5.21 Å². The first-order valence-electron chi connectivity index (χ1n) is 18.6. The second-order valence-corrected chi connectivity index (χ2v) is 13.8. The van der Waals surface area contributed by atoms with E-state index in [4.69, 9.17) is 19.9 Å². The van der Waals surface area contributed by atoms with Crippen molar-refractivity contribution < 1.29 is 28.6 Å². The molecule has 0 saturated heterocycles. The average molecular weight is 725 g/mol. The lowest BCUT2D eigenvalue weighted by atomic mass is 9.77. The minimum atomic E-state index is -0.575. The van der Waals surface area contributed by atoms with E-state index < -0.39 is 5.92 Å². The third-order valence-corrected chi connectivity index (χ3v) is 9.99. The van der Waals surface area contributed by atoms with Crippen molar-refractivity contribution in [2.75, 3.05) is 52.0 Å². The predicted molar refractivity (Wildman–Crippen MR) is 203 cm³/mol. The normalized spacial score (nSPS) is 16.3. The molecule has 1 saturated carbocycles. The Bertz CT molecular complexity index is 1760. The van der Waals surface area contributed by atoms with Crippen LogP contribution in [-0.4, -0.2) is 84.8 Å². The largest absolute Gasteiger partial charge is 0.382 e. The third-order valence-electron chi connectivity index (χ3n) is 9.99. The summed E-state index contributed by atoms with van der Waals surface area (Å²) in [5.74, 6) is 0.274. The molecule has 0 aliphatic heterocycles. The first-order valence-corrected chi connectivity index (χ1v) is 18.6. The number of rotatable bonds is 21. The number of methoxy groups -OCH3 is 1. The van der Waals surface area contributed by atoms with Crippen LogP contribution in [0.1, 0.15) is 66.4 Å².